The van der Waals surface area contributed by atoms with E-state index in [4.69, 9.17) is 5.11 Å². The third kappa shape index (κ3) is 3.55. The van der Waals surface area contributed by atoms with E-state index >= 15 is 0 Å². The van der Waals surface area contributed by atoms with Crippen LogP contribution in [0.1, 0.15) is 21.7 Å². The summed E-state index contributed by atoms with van der Waals surface area (Å²) in [4.78, 5) is 28.5. The van der Waals surface area contributed by atoms with Crippen molar-refractivity contribution in [2.75, 3.05) is 5.32 Å². The lowest BCUT2D eigenvalue weighted by molar-refractivity contribution is 0.103. The maximum atomic E-state index is 13.2. The van der Waals surface area contributed by atoms with Crippen molar-refractivity contribution >= 4 is 34.3 Å². The smallest absolute Gasteiger partial charge is 0.432 e. The van der Waals surface area contributed by atoms with Gasteiger partial charge in [0.1, 0.15) is 17.3 Å². The Morgan fingerprint density at radius 3 is 2.48 bits per heavy atom. The predicted molar refractivity (Wildman–Crippen MR) is 105 cm³/mol. The summed E-state index contributed by atoms with van der Waals surface area (Å²) in [5.41, 5.74) is 0.918. The van der Waals surface area contributed by atoms with E-state index in [0.717, 1.165) is 15.5 Å². The second-order valence-corrected chi connectivity index (χ2v) is 6.40. The van der Waals surface area contributed by atoms with Crippen LogP contribution >= 0.6 is 0 Å². The van der Waals surface area contributed by atoms with Crippen molar-refractivity contribution in [3.05, 3.63) is 83.4 Å². The molecule has 4 aromatic rings. The van der Waals surface area contributed by atoms with Gasteiger partial charge >= 0.3 is 6.09 Å². The van der Waals surface area contributed by atoms with E-state index in [2.05, 4.69) is 15.4 Å². The molecule has 2 aromatic heterocycles. The van der Waals surface area contributed by atoms with Gasteiger partial charge in [0.05, 0.1) is 0 Å². The number of aryl methyl sites for hydroxylation is 1. The molecule has 0 aliphatic rings. The Balaban J connectivity index is 1.78. The number of nitrogens with zero attached hydrogens (tertiary/aromatic N) is 3. The third-order valence-electron chi connectivity index (χ3n) is 4.39. The second-order valence-electron chi connectivity index (χ2n) is 6.40. The van der Waals surface area contributed by atoms with E-state index in [9.17, 15) is 14.0 Å². The van der Waals surface area contributed by atoms with E-state index in [1.807, 2.05) is 24.3 Å². The number of nitrogens with one attached hydrogen (secondary N) is 1. The molecule has 0 spiro atoms. The number of benzene rings is 2. The average Bonchev–Trinajstić information content (AvgIpc) is 3.08. The number of pyridine rings is 1. The van der Waals surface area contributed by atoms with Gasteiger partial charge in [-0.05, 0) is 42.6 Å². The molecule has 0 saturated heterocycles. The minimum Gasteiger partial charge on any atom is -0.463 e. The summed E-state index contributed by atoms with van der Waals surface area (Å²) in [5.74, 6) is -0.136. The summed E-state index contributed by atoms with van der Waals surface area (Å²) >= 11 is 0. The molecule has 0 aliphatic carbocycles. The summed E-state index contributed by atoms with van der Waals surface area (Å²) in [6.07, 6.45) is -1.20. The number of carboxylic acid groups (broad SMARTS) is 1. The van der Waals surface area contributed by atoms with Gasteiger partial charge in [-0.2, -0.15) is 4.68 Å². The van der Waals surface area contributed by atoms with Crippen molar-refractivity contribution in [2.45, 2.75) is 6.92 Å². The molecular formula is C21H15FN4O3. The van der Waals surface area contributed by atoms with Gasteiger partial charge in [0.2, 0.25) is 5.78 Å². The Bertz CT molecular complexity index is 1250. The van der Waals surface area contributed by atoms with Crippen LogP contribution in [-0.2, 0) is 0 Å². The van der Waals surface area contributed by atoms with Gasteiger partial charge in [-0.25, -0.2) is 14.2 Å². The van der Waals surface area contributed by atoms with Crippen molar-refractivity contribution in [2.24, 2.45) is 0 Å². The molecule has 0 amide bonds. The fourth-order valence-corrected chi connectivity index (χ4v) is 3.01. The third-order valence-corrected chi connectivity index (χ3v) is 4.39. The SMILES string of the molecule is Cc1cc(Nc2nc(C(=O)c3ccc(F)cc3)cc3ccccc23)nn1C(=O)O. The van der Waals surface area contributed by atoms with Crippen molar-refractivity contribution < 1.29 is 19.1 Å². The highest BCUT2D eigenvalue weighted by Crippen LogP contribution is 2.26. The van der Waals surface area contributed by atoms with Crippen LogP contribution in [0.3, 0.4) is 0 Å². The number of ketones is 1. The van der Waals surface area contributed by atoms with E-state index < -0.39 is 11.9 Å². The number of hydrogen-bond donors (Lipinski definition) is 2. The lowest BCUT2D eigenvalue weighted by atomic mass is 10.0. The molecule has 2 heterocycles. The highest BCUT2D eigenvalue weighted by Gasteiger charge is 2.16. The Morgan fingerprint density at radius 1 is 1.07 bits per heavy atom. The monoisotopic (exact) mass is 390 g/mol. The summed E-state index contributed by atoms with van der Waals surface area (Å²) < 4.78 is 14.0. The highest BCUT2D eigenvalue weighted by atomic mass is 19.1. The number of rotatable bonds is 4. The standard InChI is InChI=1S/C21H15FN4O3/c1-12-10-18(25-26(12)21(28)29)24-20-16-5-3-2-4-14(16)11-17(23-20)19(27)13-6-8-15(22)9-7-13/h2-11H,1H3,(H,28,29)(H,23,24,25). The molecule has 4 rings (SSSR count). The molecular weight excluding hydrogens is 375 g/mol. The quantitative estimate of drug-likeness (QED) is 0.502. The van der Waals surface area contributed by atoms with E-state index in [1.54, 1.807) is 19.1 Å². The maximum Gasteiger partial charge on any atom is 0.432 e. The molecule has 2 aromatic carbocycles. The van der Waals surface area contributed by atoms with Gasteiger partial charge in [0.15, 0.2) is 5.82 Å². The zero-order chi connectivity index (χ0) is 20.5. The lowest BCUT2D eigenvalue weighted by Crippen LogP contribution is -2.11. The lowest BCUT2D eigenvalue weighted by Gasteiger charge is -2.10. The predicted octanol–water partition coefficient (Wildman–Crippen LogP) is 4.38. The normalized spacial score (nSPS) is 10.8. The van der Waals surface area contributed by atoms with Crippen LogP contribution < -0.4 is 5.32 Å². The maximum absolute atomic E-state index is 13.2. The summed E-state index contributed by atoms with van der Waals surface area (Å²) in [5, 5.41) is 17.7. The van der Waals surface area contributed by atoms with Crippen LogP contribution in [0.2, 0.25) is 0 Å². The first kappa shape index (κ1) is 18.3. The number of carbonyl (C=O) groups is 2. The first-order valence-corrected chi connectivity index (χ1v) is 8.69. The summed E-state index contributed by atoms with van der Waals surface area (Å²) in [6.45, 7) is 1.62. The fraction of sp³-hybridized carbons (Fsp3) is 0.0476. The van der Waals surface area contributed by atoms with E-state index in [1.165, 1.54) is 24.3 Å². The first-order chi connectivity index (χ1) is 13.9. The Hall–Kier alpha value is -4.07. The molecule has 0 radical (unpaired) electrons. The van der Waals surface area contributed by atoms with Gasteiger partial charge in [-0.1, -0.05) is 24.3 Å². The molecule has 0 saturated carbocycles. The van der Waals surface area contributed by atoms with Crippen LogP contribution in [0.4, 0.5) is 20.8 Å². The molecule has 2 N–H and O–H groups in total. The van der Waals surface area contributed by atoms with Crippen LogP contribution in [0.5, 0.6) is 0 Å². The van der Waals surface area contributed by atoms with E-state index in [-0.39, 0.29) is 17.3 Å². The number of aromatic nitrogens is 3. The molecule has 0 atom stereocenters. The number of fused-ring (bicyclic) bond motifs is 1. The summed E-state index contributed by atoms with van der Waals surface area (Å²) in [6, 6.07) is 15.8. The molecule has 0 unspecified atom stereocenters. The average molecular weight is 390 g/mol. The Kier molecular flexibility index (Phi) is 4.52. The van der Waals surface area contributed by atoms with Gasteiger partial charge in [-0.15, -0.1) is 5.10 Å². The zero-order valence-corrected chi connectivity index (χ0v) is 15.3. The van der Waals surface area contributed by atoms with Gasteiger partial charge in [0, 0.05) is 22.7 Å². The molecule has 0 bridgehead atoms. The van der Waals surface area contributed by atoms with Crippen LogP contribution in [0, 0.1) is 12.7 Å². The van der Waals surface area contributed by atoms with Gasteiger partial charge in [0.25, 0.3) is 0 Å². The van der Waals surface area contributed by atoms with Crippen LogP contribution in [-0.4, -0.2) is 31.7 Å². The number of halogens is 1. The molecule has 7 nitrogen and oxygen atoms in total. The van der Waals surface area contributed by atoms with Crippen LogP contribution in [0.25, 0.3) is 10.8 Å². The van der Waals surface area contributed by atoms with Crippen LogP contribution in [0.15, 0.2) is 60.7 Å². The fourth-order valence-electron chi connectivity index (χ4n) is 3.01. The molecule has 144 valence electrons. The zero-order valence-electron chi connectivity index (χ0n) is 15.3. The number of carbonyl (C=O) groups excluding carboxylic acids is 1. The summed E-state index contributed by atoms with van der Waals surface area (Å²) in [7, 11) is 0. The van der Waals surface area contributed by atoms with Crippen molar-refractivity contribution in [3.63, 3.8) is 0 Å². The van der Waals surface area contributed by atoms with Gasteiger partial charge in [-0.3, -0.25) is 4.79 Å². The molecule has 29 heavy (non-hydrogen) atoms. The number of hydrogen-bond acceptors (Lipinski definition) is 5. The number of anilines is 2. The van der Waals surface area contributed by atoms with Crippen molar-refractivity contribution in [1.82, 2.24) is 14.8 Å². The Labute approximate surface area is 164 Å². The minimum absolute atomic E-state index is 0.173. The highest BCUT2D eigenvalue weighted by molar-refractivity contribution is 6.10. The van der Waals surface area contributed by atoms with Gasteiger partial charge < -0.3 is 10.4 Å². The largest absolute Gasteiger partial charge is 0.463 e. The van der Waals surface area contributed by atoms with E-state index in [0.29, 0.717) is 17.1 Å². The van der Waals surface area contributed by atoms with Crippen molar-refractivity contribution in [1.29, 1.82) is 0 Å². The Morgan fingerprint density at radius 2 is 1.79 bits per heavy atom. The molecule has 0 fully saturated rings. The second kappa shape index (κ2) is 7.16. The molecule has 8 heteroatoms. The van der Waals surface area contributed by atoms with Crippen molar-refractivity contribution in [3.8, 4) is 0 Å². The minimum atomic E-state index is -1.20. The molecule has 0 aliphatic heterocycles. The topological polar surface area (TPSA) is 97.1 Å². The first-order valence-electron chi connectivity index (χ1n) is 8.69.